The number of ether oxygens (including phenoxy) is 1. The number of H-pyrrole nitrogens is 1. The first-order chi connectivity index (χ1) is 6.88. The second-order valence-corrected chi connectivity index (χ2v) is 3.95. The zero-order chi connectivity index (χ0) is 11.6. The number of nitrogens with one attached hydrogen (secondary N) is 1. The van der Waals surface area contributed by atoms with E-state index in [9.17, 15) is 17.1 Å². The molecular weight excluding hydrogens is 227 g/mol. The average Bonchev–Trinajstić information content (AvgIpc) is 2.46. The van der Waals surface area contributed by atoms with Gasteiger partial charge < -0.3 is 4.74 Å². The van der Waals surface area contributed by atoms with Crippen LogP contribution in [0.2, 0.25) is 0 Å². The van der Waals surface area contributed by atoms with Crippen molar-refractivity contribution in [2.75, 3.05) is 6.61 Å². The van der Waals surface area contributed by atoms with Crippen LogP contribution in [0.15, 0.2) is 5.03 Å². The molecule has 0 radical (unpaired) electrons. The lowest BCUT2D eigenvalue weighted by molar-refractivity contribution is 0.0521. The first-order valence-electron chi connectivity index (χ1n) is 4.04. The zero-order valence-corrected chi connectivity index (χ0v) is 8.89. The molecule has 0 aliphatic heterocycles. The molecule has 1 heterocycles. The van der Waals surface area contributed by atoms with E-state index in [1.54, 1.807) is 6.92 Å². The molecule has 1 aromatic heterocycles. The molecule has 0 aliphatic rings. The Morgan fingerprint density at radius 3 is 2.67 bits per heavy atom. The number of rotatable bonds is 3. The van der Waals surface area contributed by atoms with Crippen LogP contribution in [0.1, 0.15) is 23.0 Å². The number of esters is 1. The summed E-state index contributed by atoms with van der Waals surface area (Å²) in [6.45, 7) is 3.01. The Hall–Kier alpha value is -1.44. The minimum Gasteiger partial charge on any atom is -0.462 e. The van der Waals surface area contributed by atoms with Gasteiger partial charge in [-0.2, -0.15) is 13.5 Å². The van der Waals surface area contributed by atoms with E-state index in [4.69, 9.17) is 0 Å². The van der Waals surface area contributed by atoms with Crippen molar-refractivity contribution in [2.45, 2.75) is 18.9 Å². The summed E-state index contributed by atoms with van der Waals surface area (Å²) in [7, 11) is -5.02. The van der Waals surface area contributed by atoms with Crippen LogP contribution in [0.25, 0.3) is 0 Å². The van der Waals surface area contributed by atoms with E-state index in [0.717, 1.165) is 0 Å². The van der Waals surface area contributed by atoms with Gasteiger partial charge in [-0.3, -0.25) is 5.10 Å². The topological polar surface area (TPSA) is 89.1 Å². The van der Waals surface area contributed by atoms with Gasteiger partial charge in [0.05, 0.1) is 6.61 Å². The van der Waals surface area contributed by atoms with Crippen molar-refractivity contribution in [1.29, 1.82) is 0 Å². The molecule has 0 amide bonds. The second-order valence-electron chi connectivity index (χ2n) is 2.69. The minimum atomic E-state index is -5.02. The van der Waals surface area contributed by atoms with Gasteiger partial charge in [0.25, 0.3) is 0 Å². The number of carbonyl (C=O) groups is 1. The van der Waals surface area contributed by atoms with Crippen LogP contribution in [-0.4, -0.2) is 31.2 Å². The number of aromatic nitrogens is 2. The summed E-state index contributed by atoms with van der Waals surface area (Å²) >= 11 is 0. The number of hydrogen-bond acceptors (Lipinski definition) is 5. The molecule has 0 bridgehead atoms. The summed E-state index contributed by atoms with van der Waals surface area (Å²) in [5, 5.41) is 4.48. The molecule has 0 atom stereocenters. The predicted molar refractivity (Wildman–Crippen MR) is 47.6 cm³/mol. The van der Waals surface area contributed by atoms with Crippen LogP contribution < -0.4 is 0 Å². The van der Waals surface area contributed by atoms with Gasteiger partial charge in [0.15, 0.2) is 0 Å². The van der Waals surface area contributed by atoms with Crippen molar-refractivity contribution in [3.05, 3.63) is 11.3 Å². The largest absolute Gasteiger partial charge is 0.462 e. The van der Waals surface area contributed by atoms with E-state index < -0.39 is 21.2 Å². The Balaban J connectivity index is 3.28. The predicted octanol–water partition coefficient (Wildman–Crippen LogP) is 0.553. The molecule has 0 saturated heterocycles. The summed E-state index contributed by atoms with van der Waals surface area (Å²) in [6.07, 6.45) is 0. The number of aryl methyl sites for hydroxylation is 1. The van der Waals surface area contributed by atoms with E-state index in [-0.39, 0.29) is 17.9 Å². The van der Waals surface area contributed by atoms with Crippen LogP contribution in [0, 0.1) is 6.92 Å². The van der Waals surface area contributed by atoms with E-state index >= 15 is 0 Å². The van der Waals surface area contributed by atoms with E-state index in [0.29, 0.717) is 0 Å². The van der Waals surface area contributed by atoms with Gasteiger partial charge in [-0.25, -0.2) is 4.79 Å². The van der Waals surface area contributed by atoms with Crippen molar-refractivity contribution >= 4 is 16.2 Å². The van der Waals surface area contributed by atoms with Gasteiger partial charge >= 0.3 is 16.2 Å². The number of aromatic amines is 1. The molecule has 0 saturated carbocycles. The first kappa shape index (κ1) is 11.6. The van der Waals surface area contributed by atoms with E-state index in [1.807, 2.05) is 0 Å². The van der Waals surface area contributed by atoms with Crippen LogP contribution in [0.3, 0.4) is 0 Å². The van der Waals surface area contributed by atoms with Gasteiger partial charge in [0.1, 0.15) is 5.56 Å². The maximum Gasteiger partial charge on any atom is 0.352 e. The quantitative estimate of drug-likeness (QED) is 0.611. The van der Waals surface area contributed by atoms with E-state index in [1.165, 1.54) is 6.92 Å². The number of halogens is 1. The monoisotopic (exact) mass is 236 g/mol. The summed E-state index contributed by atoms with van der Waals surface area (Å²) < 4.78 is 38.5. The Bertz CT molecular complexity index is 479. The summed E-state index contributed by atoms with van der Waals surface area (Å²) in [5.74, 6) is -0.917. The SMILES string of the molecule is CCOC(=O)c1c(S(=O)(=O)F)n[nH]c1C. The molecule has 0 unspecified atom stereocenters. The van der Waals surface area contributed by atoms with Crippen molar-refractivity contribution in [3.8, 4) is 0 Å². The molecule has 15 heavy (non-hydrogen) atoms. The lowest BCUT2D eigenvalue weighted by atomic mass is 10.3. The van der Waals surface area contributed by atoms with Gasteiger partial charge in [-0.1, -0.05) is 3.89 Å². The molecule has 1 aromatic rings. The molecule has 0 aromatic carbocycles. The fraction of sp³-hybridized carbons (Fsp3) is 0.429. The summed E-state index contributed by atoms with van der Waals surface area (Å²) in [6, 6.07) is 0. The molecule has 6 nitrogen and oxygen atoms in total. The second kappa shape index (κ2) is 3.97. The Morgan fingerprint density at radius 2 is 2.20 bits per heavy atom. The molecule has 0 fully saturated rings. The van der Waals surface area contributed by atoms with Gasteiger partial charge in [0.2, 0.25) is 5.03 Å². The highest BCUT2D eigenvalue weighted by Gasteiger charge is 2.28. The molecule has 0 spiro atoms. The Labute approximate surface area is 85.6 Å². The molecule has 1 N–H and O–H groups in total. The smallest absolute Gasteiger partial charge is 0.352 e. The number of hydrogen-bond donors (Lipinski definition) is 1. The normalized spacial score (nSPS) is 11.4. The zero-order valence-electron chi connectivity index (χ0n) is 8.07. The Kier molecular flexibility index (Phi) is 3.08. The third-order valence-electron chi connectivity index (χ3n) is 1.62. The van der Waals surface area contributed by atoms with Crippen LogP contribution >= 0.6 is 0 Å². The maximum absolute atomic E-state index is 12.7. The van der Waals surface area contributed by atoms with Gasteiger partial charge in [-0.15, -0.1) is 0 Å². The van der Waals surface area contributed by atoms with E-state index in [2.05, 4.69) is 14.9 Å². The molecular formula is C7H9FN2O4S. The standard InChI is InChI=1S/C7H9FN2O4S/c1-3-14-7(11)5-4(2)9-10-6(5)15(8,12)13/h3H2,1-2H3,(H,9,10). The first-order valence-corrected chi connectivity index (χ1v) is 5.43. The third kappa shape index (κ3) is 2.32. The van der Waals surface area contributed by atoms with Crippen molar-refractivity contribution in [2.24, 2.45) is 0 Å². The third-order valence-corrected chi connectivity index (χ3v) is 2.38. The van der Waals surface area contributed by atoms with Crippen LogP contribution in [0.4, 0.5) is 3.89 Å². The highest BCUT2D eigenvalue weighted by atomic mass is 32.3. The fourth-order valence-corrected chi connectivity index (χ4v) is 1.66. The summed E-state index contributed by atoms with van der Waals surface area (Å²) in [5.41, 5.74) is -0.246. The highest BCUT2D eigenvalue weighted by molar-refractivity contribution is 7.86. The minimum absolute atomic E-state index is 0.0647. The number of nitrogens with zero attached hydrogens (tertiary/aromatic N) is 1. The van der Waals surface area contributed by atoms with Crippen molar-refractivity contribution < 1.29 is 21.8 Å². The maximum atomic E-state index is 12.7. The highest BCUT2D eigenvalue weighted by Crippen LogP contribution is 2.19. The van der Waals surface area contributed by atoms with Gasteiger partial charge in [0, 0.05) is 5.69 Å². The molecule has 1 rings (SSSR count). The lowest BCUT2D eigenvalue weighted by Gasteiger charge is -2.00. The van der Waals surface area contributed by atoms with Crippen LogP contribution in [0.5, 0.6) is 0 Å². The molecule has 0 aliphatic carbocycles. The Morgan fingerprint density at radius 1 is 1.60 bits per heavy atom. The fourth-order valence-electron chi connectivity index (χ4n) is 1.03. The van der Waals surface area contributed by atoms with Gasteiger partial charge in [-0.05, 0) is 13.8 Å². The van der Waals surface area contributed by atoms with Crippen LogP contribution in [-0.2, 0) is 15.0 Å². The number of carbonyl (C=O) groups excluding carboxylic acids is 1. The summed E-state index contributed by atoms with van der Waals surface area (Å²) in [4.78, 5) is 11.3. The van der Waals surface area contributed by atoms with Crippen molar-refractivity contribution in [1.82, 2.24) is 10.2 Å². The molecule has 8 heteroatoms. The lowest BCUT2D eigenvalue weighted by Crippen LogP contribution is -2.09. The average molecular weight is 236 g/mol. The molecule has 84 valence electrons. The van der Waals surface area contributed by atoms with Crippen molar-refractivity contribution in [3.63, 3.8) is 0 Å².